The summed E-state index contributed by atoms with van der Waals surface area (Å²) in [6.07, 6.45) is 4.78. The van der Waals surface area contributed by atoms with Crippen LogP contribution in [0, 0.1) is 11.3 Å². The third kappa shape index (κ3) is 7.57. The third-order valence-corrected chi connectivity index (χ3v) is 2.95. The molecule has 0 bridgehead atoms. The Hall–Kier alpha value is 0.576. The molecule has 4 nitrogen and oxygen atoms in total. The van der Waals surface area contributed by atoms with Crippen molar-refractivity contribution in [2.45, 2.75) is 52.9 Å². The monoisotopic (exact) mass is 270 g/mol. The van der Waals surface area contributed by atoms with Gasteiger partial charge in [0, 0.05) is 0 Å². The molecule has 0 saturated heterocycles. The topological polar surface area (TPSA) is 74.6 Å². The van der Waals surface area contributed by atoms with Crippen molar-refractivity contribution in [3.63, 3.8) is 0 Å². The molecule has 5 heteroatoms. The zero-order valence-corrected chi connectivity index (χ0v) is 10.3. The Balaban J connectivity index is 0. The van der Waals surface area contributed by atoms with Gasteiger partial charge < -0.3 is 10.2 Å². The molecule has 0 aliphatic heterocycles. The third-order valence-electron chi connectivity index (χ3n) is 2.95. The molecule has 0 aliphatic rings. The van der Waals surface area contributed by atoms with E-state index in [4.69, 9.17) is 10.2 Å². The summed E-state index contributed by atoms with van der Waals surface area (Å²) in [5, 5.41) is 17.8. The summed E-state index contributed by atoms with van der Waals surface area (Å²) in [6.45, 7) is 5.53. The average Bonchev–Trinajstić information content (AvgIpc) is 2.10. The number of unbranched alkanes of at least 4 members (excludes halogenated alkanes) is 3. The van der Waals surface area contributed by atoms with E-state index in [2.05, 4.69) is 6.92 Å². The van der Waals surface area contributed by atoms with Gasteiger partial charge in [0.15, 0.2) is 5.92 Å². The van der Waals surface area contributed by atoms with Crippen molar-refractivity contribution in [2.24, 2.45) is 11.3 Å². The predicted octanol–water partition coefficient (Wildman–Crippen LogP) is 2.12. The molecule has 2 N–H and O–H groups in total. The van der Waals surface area contributed by atoms with Crippen LogP contribution in [0.5, 0.6) is 0 Å². The van der Waals surface area contributed by atoms with Gasteiger partial charge in [0.05, 0.1) is 0 Å². The van der Waals surface area contributed by atoms with Gasteiger partial charge >= 0.3 is 63.3 Å². The second kappa shape index (κ2) is 9.50. The van der Waals surface area contributed by atoms with E-state index in [1.54, 1.807) is 13.8 Å². The van der Waals surface area contributed by atoms with E-state index in [-0.39, 0.29) is 51.4 Å². The number of carboxylic acid groups (broad SMARTS) is 2. The van der Waals surface area contributed by atoms with Crippen LogP contribution < -0.4 is 0 Å². The van der Waals surface area contributed by atoms with E-state index in [0.29, 0.717) is 6.42 Å². The molecule has 0 heterocycles. The van der Waals surface area contributed by atoms with Gasteiger partial charge in [-0.15, -0.1) is 0 Å². The summed E-state index contributed by atoms with van der Waals surface area (Å²) < 4.78 is 0. The van der Waals surface area contributed by atoms with Crippen LogP contribution in [-0.4, -0.2) is 73.5 Å². The second-order valence-electron chi connectivity index (χ2n) is 4.91. The van der Waals surface area contributed by atoms with Crippen LogP contribution in [-0.2, 0) is 9.59 Å². The maximum atomic E-state index is 10.9. The van der Waals surface area contributed by atoms with Gasteiger partial charge in [-0.05, 0) is 11.8 Å². The standard InChI is InChI=1S/C12H22O4.K.H/c1-4-5-6-7-8-12(2,3)9(10(13)14)11(15)16;;/h9H,4-8H2,1-3H3,(H,13,14)(H,15,16);;. The first-order valence-corrected chi connectivity index (χ1v) is 5.78. The van der Waals surface area contributed by atoms with Gasteiger partial charge in [0.2, 0.25) is 0 Å². The second-order valence-corrected chi connectivity index (χ2v) is 4.91. The minimum absolute atomic E-state index is 0. The van der Waals surface area contributed by atoms with Gasteiger partial charge in [-0.1, -0.05) is 46.5 Å². The van der Waals surface area contributed by atoms with Crippen molar-refractivity contribution in [3.8, 4) is 0 Å². The van der Waals surface area contributed by atoms with Gasteiger partial charge in [0.25, 0.3) is 0 Å². The van der Waals surface area contributed by atoms with E-state index in [9.17, 15) is 9.59 Å². The summed E-state index contributed by atoms with van der Waals surface area (Å²) in [4.78, 5) is 21.8. The van der Waals surface area contributed by atoms with Crippen molar-refractivity contribution in [3.05, 3.63) is 0 Å². The van der Waals surface area contributed by atoms with Gasteiger partial charge in [-0.2, -0.15) is 0 Å². The molecule has 0 saturated carbocycles. The van der Waals surface area contributed by atoms with Crippen molar-refractivity contribution in [1.82, 2.24) is 0 Å². The molecule has 0 aromatic rings. The molecule has 0 aromatic heterocycles. The van der Waals surface area contributed by atoms with Crippen molar-refractivity contribution < 1.29 is 19.8 Å². The quantitative estimate of drug-likeness (QED) is 0.402. The first kappa shape index (κ1) is 19.9. The molecule has 0 aliphatic carbocycles. The van der Waals surface area contributed by atoms with Crippen LogP contribution in [0.4, 0.5) is 0 Å². The number of hydrogen-bond acceptors (Lipinski definition) is 2. The Morgan fingerprint density at radius 2 is 1.53 bits per heavy atom. The zero-order chi connectivity index (χ0) is 12.8. The molecule has 0 rings (SSSR count). The molecule has 0 radical (unpaired) electrons. The van der Waals surface area contributed by atoms with Crippen molar-refractivity contribution in [2.75, 3.05) is 0 Å². The zero-order valence-electron chi connectivity index (χ0n) is 10.3. The average molecular weight is 270 g/mol. The summed E-state index contributed by atoms with van der Waals surface area (Å²) >= 11 is 0. The van der Waals surface area contributed by atoms with Gasteiger partial charge in [0.1, 0.15) is 0 Å². The molecular formula is C12H23KO4. The van der Waals surface area contributed by atoms with Gasteiger partial charge in [-0.3, -0.25) is 9.59 Å². The number of carbonyl (C=O) groups is 2. The molecule has 0 spiro atoms. The fourth-order valence-corrected chi connectivity index (χ4v) is 1.93. The fourth-order valence-electron chi connectivity index (χ4n) is 1.93. The predicted molar refractivity (Wildman–Crippen MR) is 68.5 cm³/mol. The van der Waals surface area contributed by atoms with E-state index in [1.807, 2.05) is 0 Å². The summed E-state index contributed by atoms with van der Waals surface area (Å²) in [5.74, 6) is -3.80. The Labute approximate surface area is 146 Å². The molecular weight excluding hydrogens is 247 g/mol. The summed E-state index contributed by atoms with van der Waals surface area (Å²) in [5.41, 5.74) is -0.689. The first-order valence-electron chi connectivity index (χ1n) is 5.78. The molecule has 0 unspecified atom stereocenters. The molecule has 96 valence electrons. The number of carboxylic acids is 2. The Bertz CT molecular complexity index is 237. The normalized spacial score (nSPS) is 11.1. The maximum absolute atomic E-state index is 10.9. The Kier molecular flexibility index (Phi) is 11.1. The molecule has 0 amide bonds. The number of rotatable bonds is 8. The van der Waals surface area contributed by atoms with Gasteiger partial charge in [-0.25, -0.2) is 0 Å². The van der Waals surface area contributed by atoms with Crippen molar-refractivity contribution in [1.29, 1.82) is 0 Å². The first-order chi connectivity index (χ1) is 7.33. The molecule has 0 aromatic carbocycles. The van der Waals surface area contributed by atoms with E-state index >= 15 is 0 Å². The van der Waals surface area contributed by atoms with Crippen LogP contribution in [0.25, 0.3) is 0 Å². The van der Waals surface area contributed by atoms with E-state index in [1.165, 1.54) is 0 Å². The SMILES string of the molecule is CCCCCCC(C)(C)C(C(=O)O)C(=O)O.[KH]. The van der Waals surface area contributed by atoms with Crippen LogP contribution in [0.2, 0.25) is 0 Å². The molecule has 0 atom stereocenters. The molecule has 0 fully saturated rings. The minimum atomic E-state index is -1.31. The van der Waals surface area contributed by atoms with Crippen LogP contribution in [0.1, 0.15) is 52.9 Å². The van der Waals surface area contributed by atoms with Crippen molar-refractivity contribution >= 4 is 63.3 Å². The fraction of sp³-hybridized carbons (Fsp3) is 0.833. The van der Waals surface area contributed by atoms with Crippen LogP contribution >= 0.6 is 0 Å². The van der Waals surface area contributed by atoms with E-state index in [0.717, 1.165) is 25.7 Å². The van der Waals surface area contributed by atoms with E-state index < -0.39 is 23.3 Å². The number of hydrogen-bond donors (Lipinski definition) is 2. The summed E-state index contributed by atoms with van der Waals surface area (Å²) in [6, 6.07) is 0. The molecule has 17 heavy (non-hydrogen) atoms. The Morgan fingerprint density at radius 1 is 1.06 bits per heavy atom. The summed E-state index contributed by atoms with van der Waals surface area (Å²) in [7, 11) is 0. The van der Waals surface area contributed by atoms with Crippen LogP contribution in [0.3, 0.4) is 0 Å². The van der Waals surface area contributed by atoms with Crippen LogP contribution in [0.15, 0.2) is 0 Å². The Morgan fingerprint density at radius 3 is 1.88 bits per heavy atom. The number of aliphatic carboxylic acids is 2.